The Hall–Kier alpha value is -3.15. The Morgan fingerprint density at radius 3 is 0.775 bits per heavy atom. The molecule has 0 N–H and O–H groups in total. The number of carbonyl (C=O) groups is 3. The first-order valence-corrected chi connectivity index (χ1v) is 34.9. The molecular weight excluding hydrogens is 985 g/mol. The van der Waals surface area contributed by atoms with E-state index in [2.05, 4.69) is 93.7 Å². The maximum Gasteiger partial charge on any atom is 0.306 e. The maximum atomic E-state index is 12.9. The van der Waals surface area contributed by atoms with Crippen molar-refractivity contribution in [3.8, 4) is 0 Å². The fraction of sp³-hybridized carbons (Fsp3) is 0.797. The van der Waals surface area contributed by atoms with Crippen LogP contribution in [0, 0.1) is 0 Å². The summed E-state index contributed by atoms with van der Waals surface area (Å²) in [5.41, 5.74) is 0. The standard InChI is InChI=1S/C74H132O6/c1-4-7-10-13-16-19-22-25-28-30-31-32-33-34-35-36-37-38-39-40-41-42-43-45-46-49-52-55-58-61-64-67-73(76)79-70-71(69-78-72(75)66-63-60-57-54-51-48-27-24-21-18-15-12-9-6-3)80-74(77)68-65-62-59-56-53-50-47-44-29-26-23-20-17-14-11-8-5-2/h7,10,16,19,25-26,28-29,31-32,34-35,71H,4-6,8-9,11-15,17-18,20-24,27,30,33,36-70H2,1-3H3/b10-7-,19-16-,28-25-,29-26-,32-31-,35-34-. The van der Waals surface area contributed by atoms with Crippen molar-refractivity contribution in [3.05, 3.63) is 72.9 Å². The van der Waals surface area contributed by atoms with Gasteiger partial charge in [0.05, 0.1) is 0 Å². The van der Waals surface area contributed by atoms with Crippen LogP contribution in [0.4, 0.5) is 0 Å². The zero-order chi connectivity index (χ0) is 57.8. The maximum absolute atomic E-state index is 12.9. The molecule has 0 saturated heterocycles. The summed E-state index contributed by atoms with van der Waals surface area (Å²) < 4.78 is 17.0. The van der Waals surface area contributed by atoms with Crippen molar-refractivity contribution in [2.45, 2.75) is 367 Å². The SMILES string of the molecule is CC/C=C\C/C=C\C/C=C\C/C=C\C/C=C\CCCCCCCCCCCCCCCCCC(=O)OCC(COC(=O)CCCCCCCCCCCCCCCC)OC(=O)CCCCCCCCC/C=C\CCCCCCCC. The molecule has 0 aromatic rings. The molecule has 80 heavy (non-hydrogen) atoms. The lowest BCUT2D eigenvalue weighted by atomic mass is 10.0. The number of unbranched alkanes of at least 4 members (excludes halogenated alkanes) is 41. The second kappa shape index (κ2) is 68.3. The predicted molar refractivity (Wildman–Crippen MR) is 348 cm³/mol. The Kier molecular flexibility index (Phi) is 65.7. The minimum Gasteiger partial charge on any atom is -0.462 e. The summed E-state index contributed by atoms with van der Waals surface area (Å²) in [6.45, 7) is 6.57. The predicted octanol–water partition coefficient (Wildman–Crippen LogP) is 24.1. The molecule has 0 radical (unpaired) electrons. The molecule has 1 unspecified atom stereocenters. The molecule has 6 nitrogen and oxygen atoms in total. The van der Waals surface area contributed by atoms with Gasteiger partial charge < -0.3 is 14.2 Å². The van der Waals surface area contributed by atoms with E-state index in [-0.39, 0.29) is 31.1 Å². The van der Waals surface area contributed by atoms with Gasteiger partial charge in [0, 0.05) is 19.3 Å². The minimum absolute atomic E-state index is 0.0713. The Morgan fingerprint density at radius 1 is 0.263 bits per heavy atom. The van der Waals surface area contributed by atoms with E-state index >= 15 is 0 Å². The molecule has 0 saturated carbocycles. The highest BCUT2D eigenvalue weighted by Gasteiger charge is 2.19. The number of allylic oxidation sites excluding steroid dienone is 12. The van der Waals surface area contributed by atoms with Gasteiger partial charge in [0.25, 0.3) is 0 Å². The summed E-state index contributed by atoms with van der Waals surface area (Å²) in [5.74, 6) is -0.854. The summed E-state index contributed by atoms with van der Waals surface area (Å²) >= 11 is 0. The summed E-state index contributed by atoms with van der Waals surface area (Å²) in [5, 5.41) is 0. The summed E-state index contributed by atoms with van der Waals surface area (Å²) in [7, 11) is 0. The normalized spacial score (nSPS) is 12.5. The number of carbonyl (C=O) groups excluding carboxylic acids is 3. The molecule has 0 aliphatic rings. The lowest BCUT2D eigenvalue weighted by molar-refractivity contribution is -0.167. The van der Waals surface area contributed by atoms with Gasteiger partial charge in [0.15, 0.2) is 6.10 Å². The first kappa shape index (κ1) is 76.9. The van der Waals surface area contributed by atoms with E-state index in [9.17, 15) is 14.4 Å². The van der Waals surface area contributed by atoms with Crippen molar-refractivity contribution in [1.29, 1.82) is 0 Å². The van der Waals surface area contributed by atoms with Crippen LogP contribution in [-0.4, -0.2) is 37.2 Å². The topological polar surface area (TPSA) is 78.9 Å². The van der Waals surface area contributed by atoms with Crippen LogP contribution in [0.15, 0.2) is 72.9 Å². The molecule has 0 aliphatic carbocycles. The van der Waals surface area contributed by atoms with Gasteiger partial charge in [0.1, 0.15) is 13.2 Å². The fourth-order valence-corrected chi connectivity index (χ4v) is 10.2. The van der Waals surface area contributed by atoms with Crippen LogP contribution in [0.2, 0.25) is 0 Å². The molecule has 0 heterocycles. The highest BCUT2D eigenvalue weighted by atomic mass is 16.6. The van der Waals surface area contributed by atoms with Crippen LogP contribution >= 0.6 is 0 Å². The molecule has 0 fully saturated rings. The Balaban J connectivity index is 4.20. The molecule has 0 aromatic heterocycles. The second-order valence-corrected chi connectivity index (χ2v) is 23.4. The van der Waals surface area contributed by atoms with Crippen molar-refractivity contribution < 1.29 is 28.6 Å². The van der Waals surface area contributed by atoms with Gasteiger partial charge in [-0.15, -0.1) is 0 Å². The van der Waals surface area contributed by atoms with Gasteiger partial charge in [-0.25, -0.2) is 0 Å². The van der Waals surface area contributed by atoms with E-state index in [0.717, 1.165) is 89.9 Å². The monoisotopic (exact) mass is 1120 g/mol. The largest absolute Gasteiger partial charge is 0.462 e. The van der Waals surface area contributed by atoms with E-state index in [1.807, 2.05) is 0 Å². The molecule has 0 aliphatic heterocycles. The zero-order valence-electron chi connectivity index (χ0n) is 53.3. The van der Waals surface area contributed by atoms with Crippen molar-refractivity contribution in [3.63, 3.8) is 0 Å². The van der Waals surface area contributed by atoms with Crippen LogP contribution in [0.25, 0.3) is 0 Å². The van der Waals surface area contributed by atoms with Crippen molar-refractivity contribution in [2.75, 3.05) is 13.2 Å². The van der Waals surface area contributed by atoms with E-state index in [0.29, 0.717) is 19.3 Å². The molecule has 0 amide bonds. The third-order valence-electron chi connectivity index (χ3n) is 15.4. The molecule has 0 bridgehead atoms. The van der Waals surface area contributed by atoms with Gasteiger partial charge in [-0.3, -0.25) is 14.4 Å². The molecule has 0 spiro atoms. The molecule has 1 atom stereocenters. The summed E-state index contributed by atoms with van der Waals surface area (Å²) in [4.78, 5) is 38.4. The minimum atomic E-state index is -0.775. The first-order valence-electron chi connectivity index (χ1n) is 34.9. The average Bonchev–Trinajstić information content (AvgIpc) is 3.46. The van der Waals surface area contributed by atoms with Crippen LogP contribution < -0.4 is 0 Å². The van der Waals surface area contributed by atoms with Crippen LogP contribution in [0.3, 0.4) is 0 Å². The number of esters is 3. The molecule has 6 heteroatoms. The number of hydrogen-bond acceptors (Lipinski definition) is 6. The van der Waals surface area contributed by atoms with E-state index < -0.39 is 6.10 Å². The molecule has 0 aromatic carbocycles. The third kappa shape index (κ3) is 65.7. The molecule has 464 valence electrons. The van der Waals surface area contributed by atoms with Gasteiger partial charge >= 0.3 is 17.9 Å². The van der Waals surface area contributed by atoms with Crippen molar-refractivity contribution in [2.24, 2.45) is 0 Å². The number of ether oxygens (including phenoxy) is 3. The smallest absolute Gasteiger partial charge is 0.306 e. The van der Waals surface area contributed by atoms with Gasteiger partial charge in [-0.2, -0.15) is 0 Å². The highest BCUT2D eigenvalue weighted by Crippen LogP contribution is 2.18. The lowest BCUT2D eigenvalue weighted by Gasteiger charge is -2.18. The van der Waals surface area contributed by atoms with Crippen molar-refractivity contribution >= 4 is 17.9 Å². The third-order valence-corrected chi connectivity index (χ3v) is 15.4. The van der Waals surface area contributed by atoms with Gasteiger partial charge in [-0.1, -0.05) is 325 Å². The van der Waals surface area contributed by atoms with Gasteiger partial charge in [0.2, 0.25) is 0 Å². The van der Waals surface area contributed by atoms with E-state index in [4.69, 9.17) is 14.2 Å². The fourth-order valence-electron chi connectivity index (χ4n) is 10.2. The zero-order valence-corrected chi connectivity index (χ0v) is 53.3. The number of hydrogen-bond donors (Lipinski definition) is 0. The summed E-state index contributed by atoms with van der Waals surface area (Å²) in [6, 6.07) is 0. The van der Waals surface area contributed by atoms with Crippen LogP contribution in [-0.2, 0) is 28.6 Å². The van der Waals surface area contributed by atoms with Gasteiger partial charge in [-0.05, 0) is 89.9 Å². The van der Waals surface area contributed by atoms with Crippen LogP contribution in [0.1, 0.15) is 361 Å². The Labute approximate surface area is 497 Å². The second-order valence-electron chi connectivity index (χ2n) is 23.4. The summed E-state index contributed by atoms with van der Waals surface area (Å²) in [6.07, 6.45) is 89.2. The van der Waals surface area contributed by atoms with Crippen molar-refractivity contribution in [1.82, 2.24) is 0 Å². The quantitative estimate of drug-likeness (QED) is 0.0261. The lowest BCUT2D eigenvalue weighted by Crippen LogP contribution is -2.30. The molecular formula is C74H132O6. The van der Waals surface area contributed by atoms with Crippen LogP contribution in [0.5, 0.6) is 0 Å². The van der Waals surface area contributed by atoms with E-state index in [1.54, 1.807) is 0 Å². The first-order chi connectivity index (χ1) is 39.5. The molecule has 0 rings (SSSR count). The highest BCUT2D eigenvalue weighted by molar-refractivity contribution is 5.71. The van der Waals surface area contributed by atoms with E-state index in [1.165, 1.54) is 231 Å². The Morgan fingerprint density at radius 2 is 0.487 bits per heavy atom. The number of rotatable bonds is 64. The average molecular weight is 1120 g/mol. The Bertz CT molecular complexity index is 1470.